The van der Waals surface area contributed by atoms with Crippen LogP contribution in [0, 0.1) is 0 Å². The zero-order valence-electron chi connectivity index (χ0n) is 12.3. The Morgan fingerprint density at radius 3 is 2.95 bits per heavy atom. The number of halogens is 1. The van der Waals surface area contributed by atoms with Gasteiger partial charge in [-0.2, -0.15) is 5.10 Å². The fourth-order valence-corrected chi connectivity index (χ4v) is 2.22. The fraction of sp³-hybridized carbons (Fsp3) is 0.333. The summed E-state index contributed by atoms with van der Waals surface area (Å²) in [6.45, 7) is 5.61. The first-order valence-corrected chi connectivity index (χ1v) is 7.69. The SMILES string of the molecule is CC(C)c1cccc(NC(N)=NCCn2cc(Br)cn2)c1. The van der Waals surface area contributed by atoms with Gasteiger partial charge in [-0.1, -0.05) is 26.0 Å². The van der Waals surface area contributed by atoms with Gasteiger partial charge in [-0.05, 0) is 39.5 Å². The smallest absolute Gasteiger partial charge is 0.193 e. The maximum absolute atomic E-state index is 5.90. The quantitative estimate of drug-likeness (QED) is 0.643. The minimum absolute atomic E-state index is 0.419. The van der Waals surface area contributed by atoms with Crippen LogP contribution in [0.4, 0.5) is 5.69 Å². The van der Waals surface area contributed by atoms with Gasteiger partial charge in [0.05, 0.1) is 23.8 Å². The van der Waals surface area contributed by atoms with Gasteiger partial charge in [-0.3, -0.25) is 9.67 Å². The van der Waals surface area contributed by atoms with Gasteiger partial charge in [0, 0.05) is 11.9 Å². The van der Waals surface area contributed by atoms with Gasteiger partial charge in [0.15, 0.2) is 5.96 Å². The first kappa shape index (κ1) is 15.6. The average Bonchev–Trinajstić information content (AvgIpc) is 2.84. The Morgan fingerprint density at radius 1 is 1.48 bits per heavy atom. The molecule has 1 heterocycles. The van der Waals surface area contributed by atoms with Crippen LogP contribution in [-0.4, -0.2) is 22.3 Å². The van der Waals surface area contributed by atoms with E-state index in [1.807, 2.05) is 23.0 Å². The van der Waals surface area contributed by atoms with Crippen molar-refractivity contribution in [3.05, 3.63) is 46.7 Å². The second-order valence-corrected chi connectivity index (χ2v) is 6.01. The zero-order valence-corrected chi connectivity index (χ0v) is 13.8. The van der Waals surface area contributed by atoms with Crippen LogP contribution < -0.4 is 11.1 Å². The van der Waals surface area contributed by atoms with Crippen LogP contribution in [0.25, 0.3) is 0 Å². The summed E-state index contributed by atoms with van der Waals surface area (Å²) >= 11 is 3.36. The predicted octanol–water partition coefficient (Wildman–Crippen LogP) is 3.20. The maximum atomic E-state index is 5.90. The summed E-state index contributed by atoms with van der Waals surface area (Å²) < 4.78 is 2.78. The van der Waals surface area contributed by atoms with Crippen molar-refractivity contribution in [2.24, 2.45) is 10.7 Å². The molecule has 0 amide bonds. The fourth-order valence-electron chi connectivity index (χ4n) is 1.90. The minimum atomic E-state index is 0.419. The number of nitrogens with one attached hydrogen (secondary N) is 1. The molecule has 0 saturated heterocycles. The number of guanidine groups is 1. The number of aromatic nitrogens is 2. The third-order valence-corrected chi connectivity index (χ3v) is 3.45. The molecule has 0 saturated carbocycles. The van der Waals surface area contributed by atoms with Crippen molar-refractivity contribution in [1.82, 2.24) is 9.78 Å². The van der Waals surface area contributed by atoms with Crippen LogP contribution in [0.1, 0.15) is 25.3 Å². The van der Waals surface area contributed by atoms with Gasteiger partial charge in [0.2, 0.25) is 0 Å². The lowest BCUT2D eigenvalue weighted by Crippen LogP contribution is -2.23. The highest BCUT2D eigenvalue weighted by Crippen LogP contribution is 2.18. The molecular formula is C15H20BrN5. The molecule has 1 aromatic heterocycles. The zero-order chi connectivity index (χ0) is 15.2. The van der Waals surface area contributed by atoms with Gasteiger partial charge < -0.3 is 11.1 Å². The summed E-state index contributed by atoms with van der Waals surface area (Å²) in [7, 11) is 0. The standard InChI is InChI=1S/C15H20BrN5/c1-11(2)12-4-3-5-14(8-12)20-15(17)18-6-7-21-10-13(16)9-19-21/h3-5,8-11H,6-7H2,1-2H3,(H3,17,18,20). The second-order valence-electron chi connectivity index (χ2n) is 5.09. The van der Waals surface area contributed by atoms with Gasteiger partial charge in [0.1, 0.15) is 0 Å². The minimum Gasteiger partial charge on any atom is -0.370 e. The van der Waals surface area contributed by atoms with E-state index in [2.05, 4.69) is 57.3 Å². The van der Waals surface area contributed by atoms with E-state index in [0.717, 1.165) is 10.2 Å². The van der Waals surface area contributed by atoms with Crippen molar-refractivity contribution in [2.75, 3.05) is 11.9 Å². The molecule has 0 fully saturated rings. The number of aliphatic imine (C=N–C) groups is 1. The number of rotatable bonds is 5. The molecule has 0 atom stereocenters. The number of nitrogens with zero attached hydrogens (tertiary/aromatic N) is 3. The molecule has 0 aliphatic rings. The lowest BCUT2D eigenvalue weighted by atomic mass is 10.0. The van der Waals surface area contributed by atoms with Crippen LogP contribution in [0.15, 0.2) is 46.1 Å². The third-order valence-electron chi connectivity index (χ3n) is 3.04. The molecule has 0 aliphatic heterocycles. The summed E-state index contributed by atoms with van der Waals surface area (Å²) in [5.41, 5.74) is 8.14. The van der Waals surface area contributed by atoms with E-state index in [-0.39, 0.29) is 0 Å². The number of anilines is 1. The molecule has 2 rings (SSSR count). The van der Waals surface area contributed by atoms with Crippen molar-refractivity contribution in [3.63, 3.8) is 0 Å². The maximum Gasteiger partial charge on any atom is 0.193 e. The number of benzene rings is 1. The first-order chi connectivity index (χ1) is 10.0. The van der Waals surface area contributed by atoms with Crippen LogP contribution in [-0.2, 0) is 6.54 Å². The molecule has 3 N–H and O–H groups in total. The van der Waals surface area contributed by atoms with E-state index >= 15 is 0 Å². The molecule has 1 aromatic carbocycles. The normalized spacial score (nSPS) is 11.9. The highest BCUT2D eigenvalue weighted by molar-refractivity contribution is 9.10. The predicted molar refractivity (Wildman–Crippen MR) is 90.6 cm³/mol. The second kappa shape index (κ2) is 7.26. The topological polar surface area (TPSA) is 68.2 Å². The van der Waals surface area contributed by atoms with Crippen LogP contribution in [0.2, 0.25) is 0 Å². The van der Waals surface area contributed by atoms with E-state index in [9.17, 15) is 0 Å². The van der Waals surface area contributed by atoms with Crippen molar-refractivity contribution >= 4 is 27.6 Å². The van der Waals surface area contributed by atoms with E-state index < -0.39 is 0 Å². The Hall–Kier alpha value is -1.82. The highest BCUT2D eigenvalue weighted by atomic mass is 79.9. The molecule has 21 heavy (non-hydrogen) atoms. The van der Waals surface area contributed by atoms with Crippen molar-refractivity contribution < 1.29 is 0 Å². The highest BCUT2D eigenvalue weighted by Gasteiger charge is 2.01. The molecule has 6 heteroatoms. The van der Waals surface area contributed by atoms with E-state index in [4.69, 9.17) is 5.73 Å². The number of hydrogen-bond donors (Lipinski definition) is 2. The average molecular weight is 350 g/mol. The molecule has 0 unspecified atom stereocenters. The Bertz CT molecular complexity index is 618. The number of hydrogen-bond acceptors (Lipinski definition) is 2. The third kappa shape index (κ3) is 4.90. The Kier molecular flexibility index (Phi) is 5.38. The molecule has 112 valence electrons. The van der Waals surface area contributed by atoms with Gasteiger partial charge in [-0.15, -0.1) is 0 Å². The van der Waals surface area contributed by atoms with Crippen molar-refractivity contribution in [3.8, 4) is 0 Å². The first-order valence-electron chi connectivity index (χ1n) is 6.89. The molecular weight excluding hydrogens is 330 g/mol. The summed E-state index contributed by atoms with van der Waals surface area (Å²) in [6.07, 6.45) is 3.66. The summed E-state index contributed by atoms with van der Waals surface area (Å²) in [5, 5.41) is 7.28. The Morgan fingerprint density at radius 2 is 2.29 bits per heavy atom. The Labute approximate surface area is 133 Å². The molecule has 0 aliphatic carbocycles. The van der Waals surface area contributed by atoms with Crippen molar-refractivity contribution in [2.45, 2.75) is 26.3 Å². The van der Waals surface area contributed by atoms with Crippen LogP contribution in [0.5, 0.6) is 0 Å². The Balaban J connectivity index is 1.89. The van der Waals surface area contributed by atoms with Crippen molar-refractivity contribution in [1.29, 1.82) is 0 Å². The summed E-state index contributed by atoms with van der Waals surface area (Å²) in [6, 6.07) is 8.21. The van der Waals surface area contributed by atoms with Gasteiger partial charge >= 0.3 is 0 Å². The van der Waals surface area contributed by atoms with E-state index in [1.165, 1.54) is 5.56 Å². The molecule has 0 bridgehead atoms. The molecule has 0 spiro atoms. The number of nitrogens with two attached hydrogens (primary N) is 1. The summed E-state index contributed by atoms with van der Waals surface area (Å²) in [4.78, 5) is 4.31. The van der Waals surface area contributed by atoms with Gasteiger partial charge in [0.25, 0.3) is 0 Å². The monoisotopic (exact) mass is 349 g/mol. The van der Waals surface area contributed by atoms with Crippen LogP contribution in [0.3, 0.4) is 0 Å². The van der Waals surface area contributed by atoms with E-state index in [0.29, 0.717) is 25.0 Å². The largest absolute Gasteiger partial charge is 0.370 e. The molecule has 2 aromatic rings. The summed E-state index contributed by atoms with van der Waals surface area (Å²) in [5.74, 6) is 0.908. The molecule has 0 radical (unpaired) electrons. The molecule has 5 nitrogen and oxygen atoms in total. The van der Waals surface area contributed by atoms with E-state index in [1.54, 1.807) is 6.20 Å². The lowest BCUT2D eigenvalue weighted by Gasteiger charge is -2.10. The lowest BCUT2D eigenvalue weighted by molar-refractivity contribution is 0.625. The van der Waals surface area contributed by atoms with Gasteiger partial charge in [-0.25, -0.2) is 0 Å². The van der Waals surface area contributed by atoms with Crippen LogP contribution >= 0.6 is 15.9 Å².